The van der Waals surface area contributed by atoms with Crippen LogP contribution in [0.2, 0.25) is 0 Å². The van der Waals surface area contributed by atoms with E-state index in [-0.39, 0.29) is 6.04 Å². The molecule has 0 fully saturated rings. The summed E-state index contributed by atoms with van der Waals surface area (Å²) in [7, 11) is 0. The van der Waals surface area contributed by atoms with E-state index in [9.17, 15) is 0 Å². The van der Waals surface area contributed by atoms with Gasteiger partial charge in [-0.2, -0.15) is 0 Å². The zero-order chi connectivity index (χ0) is 13.1. The predicted molar refractivity (Wildman–Crippen MR) is 74.3 cm³/mol. The summed E-state index contributed by atoms with van der Waals surface area (Å²) in [6, 6.07) is 6.56. The summed E-state index contributed by atoms with van der Waals surface area (Å²) in [5, 5.41) is 4.04. The van der Waals surface area contributed by atoms with Crippen LogP contribution in [-0.2, 0) is 6.42 Å². The van der Waals surface area contributed by atoms with E-state index in [4.69, 9.17) is 5.84 Å². The quantitative estimate of drug-likeness (QED) is 0.655. The van der Waals surface area contributed by atoms with Crippen molar-refractivity contribution in [2.45, 2.75) is 33.2 Å². The monoisotopic (exact) mass is 262 g/mol. The van der Waals surface area contributed by atoms with Crippen LogP contribution in [0.4, 0.5) is 0 Å². The van der Waals surface area contributed by atoms with Crippen LogP contribution in [0.25, 0.3) is 0 Å². The SMILES string of the molecule is Cc1ccc(C)c(CC(NN)c2snnc2C)c1. The molecule has 96 valence electrons. The van der Waals surface area contributed by atoms with E-state index in [1.165, 1.54) is 28.2 Å². The molecule has 18 heavy (non-hydrogen) atoms. The summed E-state index contributed by atoms with van der Waals surface area (Å²) in [6.45, 7) is 6.19. The summed E-state index contributed by atoms with van der Waals surface area (Å²) < 4.78 is 3.97. The van der Waals surface area contributed by atoms with Gasteiger partial charge in [0, 0.05) is 0 Å². The van der Waals surface area contributed by atoms with Crippen LogP contribution in [0.5, 0.6) is 0 Å². The van der Waals surface area contributed by atoms with E-state index in [1.807, 2.05) is 6.92 Å². The zero-order valence-corrected chi connectivity index (χ0v) is 11.7. The largest absolute Gasteiger partial charge is 0.271 e. The first kappa shape index (κ1) is 13.1. The molecule has 1 aromatic carbocycles. The minimum Gasteiger partial charge on any atom is -0.271 e. The minimum atomic E-state index is 0.0745. The van der Waals surface area contributed by atoms with Crippen LogP contribution < -0.4 is 11.3 Å². The topological polar surface area (TPSA) is 63.8 Å². The van der Waals surface area contributed by atoms with Crippen molar-refractivity contribution in [3.63, 3.8) is 0 Å². The maximum absolute atomic E-state index is 5.67. The smallest absolute Gasteiger partial charge is 0.0773 e. The Morgan fingerprint density at radius 2 is 2.11 bits per heavy atom. The number of aromatic nitrogens is 2. The number of nitrogens with one attached hydrogen (secondary N) is 1. The molecule has 0 bridgehead atoms. The van der Waals surface area contributed by atoms with Crippen LogP contribution in [0.3, 0.4) is 0 Å². The van der Waals surface area contributed by atoms with Crippen LogP contribution in [0, 0.1) is 20.8 Å². The molecule has 0 aliphatic carbocycles. The predicted octanol–water partition coefficient (Wildman–Crippen LogP) is 2.21. The molecule has 2 rings (SSSR count). The lowest BCUT2D eigenvalue weighted by Crippen LogP contribution is -2.29. The van der Waals surface area contributed by atoms with Gasteiger partial charge in [0.1, 0.15) is 0 Å². The van der Waals surface area contributed by atoms with Crippen molar-refractivity contribution in [3.05, 3.63) is 45.5 Å². The third-order valence-electron chi connectivity index (χ3n) is 3.13. The highest BCUT2D eigenvalue weighted by atomic mass is 32.1. The maximum Gasteiger partial charge on any atom is 0.0773 e. The molecular weight excluding hydrogens is 244 g/mol. The van der Waals surface area contributed by atoms with Gasteiger partial charge >= 0.3 is 0 Å². The van der Waals surface area contributed by atoms with Crippen LogP contribution in [0.1, 0.15) is 33.3 Å². The Morgan fingerprint density at radius 3 is 2.72 bits per heavy atom. The van der Waals surface area contributed by atoms with Crippen molar-refractivity contribution in [2.24, 2.45) is 5.84 Å². The Labute approximate surface area is 111 Å². The summed E-state index contributed by atoms with van der Waals surface area (Å²) in [5.74, 6) is 5.67. The number of hydrogen-bond acceptors (Lipinski definition) is 5. The van der Waals surface area contributed by atoms with Gasteiger partial charge in [0.2, 0.25) is 0 Å². The molecule has 0 spiro atoms. The number of nitrogens with two attached hydrogens (primary N) is 1. The van der Waals surface area contributed by atoms with Gasteiger partial charge in [-0.25, -0.2) is 0 Å². The Balaban J connectivity index is 2.26. The fourth-order valence-corrected chi connectivity index (χ4v) is 2.73. The molecule has 1 heterocycles. The van der Waals surface area contributed by atoms with Gasteiger partial charge in [-0.05, 0) is 49.9 Å². The van der Waals surface area contributed by atoms with Crippen molar-refractivity contribution >= 4 is 11.5 Å². The van der Waals surface area contributed by atoms with Gasteiger partial charge in [0.25, 0.3) is 0 Å². The zero-order valence-electron chi connectivity index (χ0n) is 10.9. The molecule has 0 radical (unpaired) electrons. The summed E-state index contributed by atoms with van der Waals surface area (Å²) in [4.78, 5) is 1.11. The Morgan fingerprint density at radius 1 is 1.33 bits per heavy atom. The summed E-state index contributed by atoms with van der Waals surface area (Å²) in [6.07, 6.45) is 0.856. The van der Waals surface area contributed by atoms with E-state index < -0.39 is 0 Å². The van der Waals surface area contributed by atoms with Crippen molar-refractivity contribution in [3.8, 4) is 0 Å². The number of aryl methyl sites for hydroxylation is 3. The second kappa shape index (κ2) is 5.56. The van der Waals surface area contributed by atoms with Gasteiger partial charge in [-0.15, -0.1) is 5.10 Å². The number of benzene rings is 1. The number of hydrazine groups is 1. The third kappa shape index (κ3) is 2.75. The lowest BCUT2D eigenvalue weighted by atomic mass is 9.98. The highest BCUT2D eigenvalue weighted by Crippen LogP contribution is 2.24. The molecule has 2 aromatic rings. The summed E-state index contributed by atoms with van der Waals surface area (Å²) in [5.41, 5.74) is 7.69. The van der Waals surface area contributed by atoms with Gasteiger partial charge in [-0.3, -0.25) is 11.3 Å². The van der Waals surface area contributed by atoms with Gasteiger partial charge in [0.15, 0.2) is 0 Å². The van der Waals surface area contributed by atoms with Gasteiger partial charge in [-0.1, -0.05) is 28.3 Å². The lowest BCUT2D eigenvalue weighted by molar-refractivity contribution is 0.556. The first-order valence-electron chi connectivity index (χ1n) is 5.93. The van der Waals surface area contributed by atoms with Crippen molar-refractivity contribution in [1.82, 2.24) is 15.0 Å². The number of rotatable bonds is 4. The Kier molecular flexibility index (Phi) is 4.06. The van der Waals surface area contributed by atoms with E-state index in [2.05, 4.69) is 47.1 Å². The highest BCUT2D eigenvalue weighted by molar-refractivity contribution is 7.05. The molecule has 0 saturated carbocycles. The first-order chi connectivity index (χ1) is 8.61. The van der Waals surface area contributed by atoms with Crippen molar-refractivity contribution in [1.29, 1.82) is 0 Å². The molecule has 0 aliphatic heterocycles. The molecule has 0 amide bonds. The molecule has 3 N–H and O–H groups in total. The van der Waals surface area contributed by atoms with Crippen molar-refractivity contribution < 1.29 is 0 Å². The molecule has 4 nitrogen and oxygen atoms in total. The molecule has 1 unspecified atom stereocenters. The molecular formula is C13H18N4S. The van der Waals surface area contributed by atoms with Gasteiger partial charge < -0.3 is 0 Å². The number of hydrogen-bond donors (Lipinski definition) is 2. The lowest BCUT2D eigenvalue weighted by Gasteiger charge is -2.16. The fourth-order valence-electron chi connectivity index (χ4n) is 2.02. The van der Waals surface area contributed by atoms with E-state index >= 15 is 0 Å². The summed E-state index contributed by atoms with van der Waals surface area (Å²) >= 11 is 1.41. The molecule has 5 heteroatoms. The Bertz CT molecular complexity index is 536. The Hall–Kier alpha value is -1.30. The second-order valence-corrected chi connectivity index (χ2v) is 5.36. The number of nitrogens with zero attached hydrogens (tertiary/aromatic N) is 2. The standard InChI is InChI=1S/C13H18N4S/c1-8-4-5-9(2)11(6-8)7-12(15-14)13-10(3)16-17-18-13/h4-6,12,15H,7,14H2,1-3H3. The second-order valence-electron chi connectivity index (χ2n) is 4.58. The average molecular weight is 262 g/mol. The average Bonchev–Trinajstić information content (AvgIpc) is 2.77. The van der Waals surface area contributed by atoms with Crippen LogP contribution >= 0.6 is 11.5 Å². The molecule has 1 aromatic heterocycles. The van der Waals surface area contributed by atoms with Gasteiger partial charge in [0.05, 0.1) is 16.6 Å². The molecule has 0 saturated heterocycles. The van der Waals surface area contributed by atoms with E-state index in [0.717, 1.165) is 17.0 Å². The normalized spacial score (nSPS) is 12.7. The molecule has 0 aliphatic rings. The van der Waals surface area contributed by atoms with E-state index in [0.29, 0.717) is 0 Å². The minimum absolute atomic E-state index is 0.0745. The van der Waals surface area contributed by atoms with Crippen LogP contribution in [-0.4, -0.2) is 9.59 Å². The fraction of sp³-hybridized carbons (Fsp3) is 0.385. The van der Waals surface area contributed by atoms with Crippen LogP contribution in [0.15, 0.2) is 18.2 Å². The first-order valence-corrected chi connectivity index (χ1v) is 6.70. The van der Waals surface area contributed by atoms with E-state index in [1.54, 1.807) is 0 Å². The molecule has 1 atom stereocenters. The third-order valence-corrected chi connectivity index (χ3v) is 4.07. The van der Waals surface area contributed by atoms with Crippen molar-refractivity contribution in [2.75, 3.05) is 0 Å². The maximum atomic E-state index is 5.67. The highest BCUT2D eigenvalue weighted by Gasteiger charge is 2.17.